The average Bonchev–Trinajstić information content (AvgIpc) is 2.55. The van der Waals surface area contributed by atoms with Crippen LogP contribution in [0.2, 0.25) is 5.02 Å². The summed E-state index contributed by atoms with van der Waals surface area (Å²) in [7, 11) is 0. The minimum absolute atomic E-state index is 0.0364. The first-order valence-electron chi connectivity index (χ1n) is 9.55. The summed E-state index contributed by atoms with van der Waals surface area (Å²) in [6.45, 7) is 13.9. The van der Waals surface area contributed by atoms with Gasteiger partial charge in [0.15, 0.2) is 0 Å². The van der Waals surface area contributed by atoms with Crippen molar-refractivity contribution in [2.45, 2.75) is 65.6 Å². The van der Waals surface area contributed by atoms with Crippen LogP contribution in [0.25, 0.3) is 0 Å². The molecule has 1 heterocycles. The average molecular weight is 406 g/mol. The number of halogens is 1. The molecule has 0 aromatic heterocycles. The predicted octanol–water partition coefficient (Wildman–Crippen LogP) is 4.10. The zero-order chi connectivity index (χ0) is 21.1. The third kappa shape index (κ3) is 6.57. The fourth-order valence-corrected chi connectivity index (χ4v) is 3.00. The Hall–Kier alpha value is -1.98. The fourth-order valence-electron chi connectivity index (χ4n) is 2.75. The second kappa shape index (κ2) is 8.58. The van der Waals surface area contributed by atoms with Crippen molar-refractivity contribution in [1.29, 1.82) is 0 Å². The topological polar surface area (TPSA) is 64.6 Å². The van der Waals surface area contributed by atoms with Crippen molar-refractivity contribution in [3.63, 3.8) is 0 Å². The van der Waals surface area contributed by atoms with E-state index in [1.165, 1.54) is 0 Å². The molecular weight excluding hydrogens is 374 g/mol. The summed E-state index contributed by atoms with van der Waals surface area (Å²) in [5, 5.41) is 17.1. The number of phenols is 1. The van der Waals surface area contributed by atoms with E-state index in [1.807, 2.05) is 18.4 Å². The van der Waals surface area contributed by atoms with Gasteiger partial charge < -0.3 is 20.6 Å². The molecule has 6 heteroatoms. The van der Waals surface area contributed by atoms with Crippen LogP contribution in [0.5, 0.6) is 5.75 Å². The molecule has 0 radical (unpaired) electrons. The predicted molar refractivity (Wildman–Crippen MR) is 115 cm³/mol. The molecule has 0 saturated carbocycles. The molecule has 0 unspecified atom stereocenters. The van der Waals surface area contributed by atoms with Gasteiger partial charge in [0.1, 0.15) is 5.75 Å². The Bertz CT molecular complexity index is 786. The summed E-state index contributed by atoms with van der Waals surface area (Å²) in [6, 6.07) is 3.30. The number of benzene rings is 1. The molecule has 0 spiro atoms. The number of amides is 1. The van der Waals surface area contributed by atoms with Gasteiger partial charge in [-0.05, 0) is 71.4 Å². The third-order valence-electron chi connectivity index (χ3n) is 4.50. The van der Waals surface area contributed by atoms with Crippen molar-refractivity contribution in [2.24, 2.45) is 0 Å². The van der Waals surface area contributed by atoms with Crippen LogP contribution in [0.4, 0.5) is 0 Å². The summed E-state index contributed by atoms with van der Waals surface area (Å²) >= 11 is 6.35. The molecule has 0 bridgehead atoms. The van der Waals surface area contributed by atoms with Gasteiger partial charge in [0, 0.05) is 46.7 Å². The smallest absolute Gasteiger partial charge is 0.228 e. The lowest BCUT2D eigenvalue weighted by atomic mass is 10.0. The molecule has 0 atom stereocenters. The van der Waals surface area contributed by atoms with Crippen molar-refractivity contribution < 1.29 is 9.90 Å². The van der Waals surface area contributed by atoms with Crippen LogP contribution in [-0.4, -0.2) is 33.5 Å². The van der Waals surface area contributed by atoms with Crippen LogP contribution >= 0.6 is 11.6 Å². The van der Waals surface area contributed by atoms with Gasteiger partial charge in [-0.25, -0.2) is 0 Å². The van der Waals surface area contributed by atoms with Crippen LogP contribution in [0.3, 0.4) is 0 Å². The van der Waals surface area contributed by atoms with Crippen LogP contribution in [-0.2, 0) is 17.8 Å². The number of rotatable bonds is 5. The lowest BCUT2D eigenvalue weighted by Crippen LogP contribution is -2.39. The van der Waals surface area contributed by atoms with Crippen molar-refractivity contribution in [3.05, 3.63) is 52.3 Å². The van der Waals surface area contributed by atoms with E-state index in [9.17, 15) is 9.90 Å². The molecule has 1 aliphatic heterocycles. The number of carbonyl (C=O) groups is 1. The molecule has 5 nitrogen and oxygen atoms in total. The van der Waals surface area contributed by atoms with Crippen molar-refractivity contribution in [3.8, 4) is 5.75 Å². The van der Waals surface area contributed by atoms with Gasteiger partial charge in [0.2, 0.25) is 5.91 Å². The second-order valence-corrected chi connectivity index (χ2v) is 9.61. The van der Waals surface area contributed by atoms with Crippen LogP contribution in [0.15, 0.2) is 36.2 Å². The number of allylic oxidation sites excluding steroid dienone is 1. The maximum absolute atomic E-state index is 12.4. The number of carbonyl (C=O) groups excluding carboxylic acids is 1. The lowest BCUT2D eigenvalue weighted by Gasteiger charge is -2.35. The molecule has 28 heavy (non-hydrogen) atoms. The number of aromatic hydroxyl groups is 1. The molecule has 3 N–H and O–H groups in total. The van der Waals surface area contributed by atoms with E-state index in [1.54, 1.807) is 12.1 Å². The van der Waals surface area contributed by atoms with E-state index in [-0.39, 0.29) is 29.2 Å². The minimum atomic E-state index is -0.188. The Morgan fingerprint density at radius 2 is 1.86 bits per heavy atom. The molecular formula is C22H32ClN3O2. The molecule has 0 aliphatic carbocycles. The first-order chi connectivity index (χ1) is 12.8. The van der Waals surface area contributed by atoms with Crippen molar-refractivity contribution in [1.82, 2.24) is 15.5 Å². The van der Waals surface area contributed by atoms with E-state index in [4.69, 9.17) is 11.6 Å². The van der Waals surface area contributed by atoms with E-state index in [0.29, 0.717) is 17.1 Å². The van der Waals surface area contributed by atoms with E-state index < -0.39 is 0 Å². The SMILES string of the molecule is CC(C)(C)NCc1cc(O)c(CC(=O)NC2=CCN(C(C)(C)C)C=C2)cc1Cl. The second-order valence-electron chi connectivity index (χ2n) is 9.20. The Morgan fingerprint density at radius 1 is 1.18 bits per heavy atom. The summed E-state index contributed by atoms with van der Waals surface area (Å²) in [5.41, 5.74) is 2.06. The van der Waals surface area contributed by atoms with Gasteiger partial charge in [-0.1, -0.05) is 11.6 Å². The minimum Gasteiger partial charge on any atom is -0.508 e. The normalized spacial score (nSPS) is 14.8. The Kier molecular flexibility index (Phi) is 6.84. The molecule has 0 saturated heterocycles. The van der Waals surface area contributed by atoms with Crippen LogP contribution in [0.1, 0.15) is 52.7 Å². The largest absolute Gasteiger partial charge is 0.508 e. The van der Waals surface area contributed by atoms with Gasteiger partial charge in [-0.2, -0.15) is 0 Å². The Labute approximate surface area is 173 Å². The van der Waals surface area contributed by atoms with Crippen LogP contribution < -0.4 is 10.6 Å². The summed E-state index contributed by atoms with van der Waals surface area (Å²) in [4.78, 5) is 14.6. The number of nitrogens with zero attached hydrogens (tertiary/aromatic N) is 1. The molecule has 2 rings (SSSR count). The number of nitrogens with one attached hydrogen (secondary N) is 2. The van der Waals surface area contributed by atoms with E-state index in [2.05, 4.69) is 57.1 Å². The zero-order valence-electron chi connectivity index (χ0n) is 17.7. The van der Waals surface area contributed by atoms with Crippen molar-refractivity contribution >= 4 is 17.5 Å². The molecule has 1 aromatic carbocycles. The van der Waals surface area contributed by atoms with Gasteiger partial charge in [0.05, 0.1) is 6.42 Å². The highest BCUT2D eigenvalue weighted by Gasteiger charge is 2.19. The molecule has 1 aromatic rings. The van der Waals surface area contributed by atoms with Gasteiger partial charge in [-0.15, -0.1) is 0 Å². The maximum Gasteiger partial charge on any atom is 0.228 e. The number of hydrogen-bond acceptors (Lipinski definition) is 4. The first-order valence-corrected chi connectivity index (χ1v) is 9.93. The lowest BCUT2D eigenvalue weighted by molar-refractivity contribution is -0.119. The third-order valence-corrected chi connectivity index (χ3v) is 4.85. The zero-order valence-corrected chi connectivity index (χ0v) is 18.4. The van der Waals surface area contributed by atoms with Crippen molar-refractivity contribution in [2.75, 3.05) is 6.54 Å². The molecule has 154 valence electrons. The maximum atomic E-state index is 12.4. The van der Waals surface area contributed by atoms with Crippen LogP contribution in [0, 0.1) is 0 Å². The first kappa shape index (κ1) is 22.3. The highest BCUT2D eigenvalue weighted by atomic mass is 35.5. The molecule has 0 fully saturated rings. The summed E-state index contributed by atoms with van der Waals surface area (Å²) in [5.74, 6) is -0.107. The highest BCUT2D eigenvalue weighted by molar-refractivity contribution is 6.31. The monoisotopic (exact) mass is 405 g/mol. The summed E-state index contributed by atoms with van der Waals surface area (Å²) < 4.78 is 0. The summed E-state index contributed by atoms with van der Waals surface area (Å²) in [6.07, 6.45) is 5.92. The standard InChI is InChI=1S/C22H32ClN3O2/c1-21(2,3)24-14-16-12-19(27)15(11-18(16)23)13-20(28)25-17-7-9-26(10-8-17)22(4,5)6/h7-9,11-12,24,27H,10,13-14H2,1-6H3,(H,25,28). The van der Waals surface area contributed by atoms with Gasteiger partial charge >= 0.3 is 0 Å². The number of phenolic OH excluding ortho intramolecular Hbond substituents is 1. The van der Waals surface area contributed by atoms with E-state index >= 15 is 0 Å². The number of hydrogen-bond donors (Lipinski definition) is 3. The Balaban J connectivity index is 1.98. The van der Waals surface area contributed by atoms with Gasteiger partial charge in [-0.3, -0.25) is 4.79 Å². The fraction of sp³-hybridized carbons (Fsp3) is 0.500. The quantitative estimate of drug-likeness (QED) is 0.689. The molecule has 1 aliphatic rings. The Morgan fingerprint density at radius 3 is 2.39 bits per heavy atom. The molecule has 1 amide bonds. The highest BCUT2D eigenvalue weighted by Crippen LogP contribution is 2.27. The van der Waals surface area contributed by atoms with E-state index in [0.717, 1.165) is 17.8 Å². The van der Waals surface area contributed by atoms with Gasteiger partial charge in [0.25, 0.3) is 0 Å².